The van der Waals surface area contributed by atoms with E-state index in [9.17, 15) is 5.11 Å². The maximum atomic E-state index is 10.4. The van der Waals surface area contributed by atoms with Crippen LogP contribution in [0.25, 0.3) is 0 Å². The molecule has 156 valence electrons. The number of hydrogen-bond donors (Lipinski definition) is 1. The number of oxime groups is 1. The normalized spacial score (nSPS) is 17.4. The summed E-state index contributed by atoms with van der Waals surface area (Å²) in [7, 11) is 0. The van der Waals surface area contributed by atoms with Gasteiger partial charge in [0.1, 0.15) is 6.10 Å². The topological polar surface area (TPSA) is 54.3 Å². The highest BCUT2D eigenvalue weighted by Crippen LogP contribution is 2.20. The zero-order valence-electron chi connectivity index (χ0n) is 17.0. The molecule has 1 heterocycles. The van der Waals surface area contributed by atoms with Gasteiger partial charge in [-0.1, -0.05) is 59.2 Å². The van der Waals surface area contributed by atoms with Crippen LogP contribution in [0, 0.1) is 0 Å². The first-order valence-electron chi connectivity index (χ1n) is 10.0. The molecular formula is C23H29ClN2O3. The predicted octanol–water partition coefficient (Wildman–Crippen LogP) is 4.12. The molecule has 5 nitrogen and oxygen atoms in total. The first kappa shape index (κ1) is 21.8. The molecule has 1 aliphatic rings. The first-order valence-corrected chi connectivity index (χ1v) is 10.4. The summed E-state index contributed by atoms with van der Waals surface area (Å²) < 4.78 is 5.57. The van der Waals surface area contributed by atoms with Gasteiger partial charge in [-0.25, -0.2) is 0 Å². The second-order valence-electron chi connectivity index (χ2n) is 7.69. The van der Waals surface area contributed by atoms with Crippen molar-refractivity contribution in [2.75, 3.05) is 19.7 Å². The molecule has 0 aliphatic carbocycles. The van der Waals surface area contributed by atoms with Crippen molar-refractivity contribution in [2.45, 2.75) is 45.1 Å². The third-order valence-electron chi connectivity index (χ3n) is 4.71. The molecule has 0 saturated carbocycles. The lowest BCUT2D eigenvalue weighted by Crippen LogP contribution is -2.39. The Bertz CT molecular complexity index is 780. The van der Waals surface area contributed by atoms with E-state index >= 15 is 0 Å². The fourth-order valence-corrected chi connectivity index (χ4v) is 3.45. The average molecular weight is 417 g/mol. The lowest BCUT2D eigenvalue weighted by Gasteiger charge is -2.27. The highest BCUT2D eigenvalue weighted by atomic mass is 35.5. The number of hydrogen-bond acceptors (Lipinski definition) is 5. The molecule has 3 rings (SSSR count). The minimum atomic E-state index is -0.556. The summed E-state index contributed by atoms with van der Waals surface area (Å²) in [6, 6.07) is 17.9. The minimum absolute atomic E-state index is 0.0531. The number of aliphatic hydroxyl groups is 1. The van der Waals surface area contributed by atoms with Gasteiger partial charge in [-0.15, -0.1) is 0 Å². The fraction of sp³-hybridized carbons (Fsp3) is 0.435. The number of benzene rings is 2. The van der Waals surface area contributed by atoms with E-state index in [1.165, 1.54) is 5.56 Å². The average Bonchev–Trinajstić information content (AvgIpc) is 3.16. The second kappa shape index (κ2) is 10.7. The first-order chi connectivity index (χ1) is 14.0. The fourth-order valence-electron chi connectivity index (χ4n) is 3.33. The Hall–Kier alpha value is -1.92. The molecule has 0 bridgehead atoms. The van der Waals surface area contributed by atoms with Crippen molar-refractivity contribution in [3.63, 3.8) is 0 Å². The molecule has 2 aromatic carbocycles. The molecule has 2 atom stereocenters. The van der Waals surface area contributed by atoms with E-state index in [1.807, 2.05) is 56.3 Å². The molecule has 0 radical (unpaired) electrons. The lowest BCUT2D eigenvalue weighted by atomic mass is 10.0. The molecule has 0 spiro atoms. The molecule has 2 aromatic rings. The molecule has 0 aromatic heterocycles. The molecule has 0 saturated heterocycles. The maximum Gasteiger partial charge on any atom is 0.145 e. The summed E-state index contributed by atoms with van der Waals surface area (Å²) >= 11 is 5.97. The van der Waals surface area contributed by atoms with Gasteiger partial charge in [0.2, 0.25) is 0 Å². The van der Waals surface area contributed by atoms with Crippen LogP contribution in [-0.4, -0.2) is 53.7 Å². The highest BCUT2D eigenvalue weighted by molar-refractivity contribution is 6.30. The number of nitrogens with zero attached hydrogens (tertiary/aromatic N) is 2. The third-order valence-corrected chi connectivity index (χ3v) is 4.96. The number of ether oxygens (including phenoxy) is 1. The van der Waals surface area contributed by atoms with Gasteiger partial charge in [0.05, 0.1) is 24.5 Å². The van der Waals surface area contributed by atoms with E-state index < -0.39 is 6.10 Å². The number of halogens is 1. The zero-order valence-corrected chi connectivity index (χ0v) is 17.8. The monoisotopic (exact) mass is 416 g/mol. The van der Waals surface area contributed by atoms with Crippen molar-refractivity contribution in [3.8, 4) is 0 Å². The van der Waals surface area contributed by atoms with E-state index in [1.54, 1.807) is 0 Å². The van der Waals surface area contributed by atoms with Crippen LogP contribution < -0.4 is 0 Å². The Balaban J connectivity index is 1.59. The molecule has 0 amide bonds. The van der Waals surface area contributed by atoms with Crippen molar-refractivity contribution in [2.24, 2.45) is 5.16 Å². The summed E-state index contributed by atoms with van der Waals surface area (Å²) in [6.07, 6.45) is 0.216. The van der Waals surface area contributed by atoms with Crippen molar-refractivity contribution in [3.05, 3.63) is 70.7 Å². The van der Waals surface area contributed by atoms with Gasteiger partial charge in [0.15, 0.2) is 0 Å². The van der Waals surface area contributed by atoms with Crippen molar-refractivity contribution >= 4 is 17.3 Å². The molecule has 1 aliphatic heterocycles. The third kappa shape index (κ3) is 7.12. The van der Waals surface area contributed by atoms with Crippen LogP contribution >= 0.6 is 11.6 Å². The van der Waals surface area contributed by atoms with Crippen LogP contribution in [0.5, 0.6) is 0 Å². The SMILES string of the molecule is CC(C)OCC(O)CN(Cc1ccccc1)CC1CC(c2ccc(Cl)cc2)=NO1. The Morgan fingerprint density at radius 1 is 1.17 bits per heavy atom. The summed E-state index contributed by atoms with van der Waals surface area (Å²) in [5.74, 6) is 0. The summed E-state index contributed by atoms with van der Waals surface area (Å²) in [6.45, 7) is 6.18. The lowest BCUT2D eigenvalue weighted by molar-refractivity contribution is -0.0194. The van der Waals surface area contributed by atoms with Crippen molar-refractivity contribution < 1.29 is 14.7 Å². The van der Waals surface area contributed by atoms with Crippen LogP contribution in [0.1, 0.15) is 31.4 Å². The Labute approximate surface area is 177 Å². The Morgan fingerprint density at radius 2 is 1.90 bits per heavy atom. The van der Waals surface area contributed by atoms with E-state index in [0.29, 0.717) is 24.7 Å². The molecular weight excluding hydrogens is 388 g/mol. The molecule has 0 fully saturated rings. The van der Waals surface area contributed by atoms with Crippen molar-refractivity contribution in [1.82, 2.24) is 4.90 Å². The summed E-state index contributed by atoms with van der Waals surface area (Å²) in [5.41, 5.74) is 3.15. The van der Waals surface area contributed by atoms with Gasteiger partial charge < -0.3 is 14.7 Å². The molecule has 1 N–H and O–H groups in total. The zero-order chi connectivity index (χ0) is 20.6. The van der Waals surface area contributed by atoms with Gasteiger partial charge >= 0.3 is 0 Å². The Morgan fingerprint density at radius 3 is 2.59 bits per heavy atom. The quantitative estimate of drug-likeness (QED) is 0.633. The summed E-state index contributed by atoms with van der Waals surface area (Å²) in [5, 5.41) is 15.4. The van der Waals surface area contributed by atoms with Crippen LogP contribution in [0.15, 0.2) is 59.8 Å². The van der Waals surface area contributed by atoms with Crippen LogP contribution in [0.2, 0.25) is 5.02 Å². The largest absolute Gasteiger partial charge is 0.390 e. The molecule has 6 heteroatoms. The van der Waals surface area contributed by atoms with Crippen molar-refractivity contribution in [1.29, 1.82) is 0 Å². The maximum absolute atomic E-state index is 10.4. The van der Waals surface area contributed by atoms with Gasteiger partial charge in [-0.2, -0.15) is 0 Å². The van der Waals surface area contributed by atoms with E-state index in [4.69, 9.17) is 21.2 Å². The second-order valence-corrected chi connectivity index (χ2v) is 8.13. The van der Waals surface area contributed by atoms with Crippen LogP contribution in [0.4, 0.5) is 0 Å². The van der Waals surface area contributed by atoms with E-state index in [0.717, 1.165) is 24.2 Å². The molecule has 29 heavy (non-hydrogen) atoms. The van der Waals surface area contributed by atoms with Crippen LogP contribution in [0.3, 0.4) is 0 Å². The Kier molecular flexibility index (Phi) is 8.07. The number of rotatable bonds is 10. The predicted molar refractivity (Wildman–Crippen MR) is 116 cm³/mol. The highest BCUT2D eigenvalue weighted by Gasteiger charge is 2.26. The summed E-state index contributed by atoms with van der Waals surface area (Å²) in [4.78, 5) is 7.90. The number of aliphatic hydroxyl groups excluding tert-OH is 1. The molecule has 2 unspecified atom stereocenters. The van der Waals surface area contributed by atoms with Gasteiger partial charge in [0, 0.05) is 31.1 Å². The van der Waals surface area contributed by atoms with E-state index in [2.05, 4.69) is 22.2 Å². The van der Waals surface area contributed by atoms with Gasteiger partial charge in [0.25, 0.3) is 0 Å². The van der Waals surface area contributed by atoms with Gasteiger partial charge in [-0.05, 0) is 37.1 Å². The van der Waals surface area contributed by atoms with Gasteiger partial charge in [-0.3, -0.25) is 4.90 Å². The smallest absolute Gasteiger partial charge is 0.145 e. The van der Waals surface area contributed by atoms with Crippen LogP contribution in [-0.2, 0) is 16.1 Å². The standard InChI is InChI=1S/C23H29ClN2O3/c1-17(2)28-16-21(27)14-26(13-18-6-4-3-5-7-18)15-22-12-23(25-29-22)19-8-10-20(24)11-9-19/h3-11,17,21-22,27H,12-16H2,1-2H3. The van der Waals surface area contributed by atoms with E-state index in [-0.39, 0.29) is 12.2 Å². The minimum Gasteiger partial charge on any atom is -0.390 e.